The fourth-order valence-corrected chi connectivity index (χ4v) is 0.808. The quantitative estimate of drug-likeness (QED) is 0.537. The van der Waals surface area contributed by atoms with Crippen molar-refractivity contribution in [1.82, 2.24) is 0 Å². The van der Waals surface area contributed by atoms with Crippen LogP contribution in [0.4, 0.5) is 0 Å². The summed E-state index contributed by atoms with van der Waals surface area (Å²) >= 11 is 0. The van der Waals surface area contributed by atoms with E-state index in [0.29, 0.717) is 0 Å². The fraction of sp³-hybridized carbons (Fsp3) is 0.833. The van der Waals surface area contributed by atoms with Crippen LogP contribution in [0.5, 0.6) is 0 Å². The van der Waals surface area contributed by atoms with Gasteiger partial charge in [0.05, 0.1) is 0 Å². The molecule has 0 spiro atoms. The molecule has 1 radical (unpaired) electrons. The molecule has 0 aliphatic carbocycles. The van der Waals surface area contributed by atoms with E-state index >= 15 is 0 Å². The van der Waals surface area contributed by atoms with Crippen LogP contribution in [0.2, 0.25) is 0 Å². The number of unbranched alkanes of at least 4 members (excludes halogenated alkanes) is 2. The Morgan fingerprint density at radius 3 is 2.40 bits per heavy atom. The highest BCUT2D eigenvalue weighted by Gasteiger charge is 2.07. The Bertz CT molecular complexity index is 129. The van der Waals surface area contributed by atoms with Crippen molar-refractivity contribution in [1.29, 1.82) is 0 Å². The van der Waals surface area contributed by atoms with Gasteiger partial charge >= 0.3 is 0 Å². The van der Waals surface area contributed by atoms with E-state index in [1.54, 1.807) is 0 Å². The summed E-state index contributed by atoms with van der Waals surface area (Å²) in [5.74, 6) is 0. The molecule has 10 heavy (non-hydrogen) atoms. The van der Waals surface area contributed by atoms with Gasteiger partial charge in [-0.1, -0.05) is 19.8 Å². The van der Waals surface area contributed by atoms with E-state index in [9.17, 15) is 0 Å². The summed E-state index contributed by atoms with van der Waals surface area (Å²) in [5.41, 5.74) is 0. The molecule has 0 aromatic carbocycles. The first-order valence-corrected chi connectivity index (χ1v) is 3.52. The second-order valence-corrected chi connectivity index (χ2v) is 2.24. The maximum atomic E-state index is 3.78. The molecule has 4 nitrogen and oxygen atoms in total. The third-order valence-electron chi connectivity index (χ3n) is 1.37. The van der Waals surface area contributed by atoms with Gasteiger partial charge in [0.1, 0.15) is 0 Å². The summed E-state index contributed by atoms with van der Waals surface area (Å²) in [6.07, 6.45) is 4.21. The van der Waals surface area contributed by atoms with Crippen molar-refractivity contribution in [3.63, 3.8) is 0 Å². The van der Waals surface area contributed by atoms with Crippen LogP contribution in [0.3, 0.4) is 0 Å². The minimum absolute atomic E-state index is 0.00606. The molecule has 0 bridgehead atoms. The van der Waals surface area contributed by atoms with Crippen molar-refractivity contribution >= 4 is 0 Å². The van der Waals surface area contributed by atoms with Gasteiger partial charge in [-0.2, -0.15) is 0 Å². The SMILES string of the molecule is [CH2]CCCCC1N=NN=N1. The first-order valence-electron chi connectivity index (χ1n) is 3.52. The molecule has 0 atom stereocenters. The highest BCUT2D eigenvalue weighted by Crippen LogP contribution is 2.12. The van der Waals surface area contributed by atoms with E-state index in [1.165, 1.54) is 0 Å². The molecule has 0 amide bonds. The minimum atomic E-state index is 0.00606. The molecule has 0 unspecified atom stereocenters. The lowest BCUT2D eigenvalue weighted by Gasteiger charge is -1.97. The first-order chi connectivity index (χ1) is 4.93. The fourth-order valence-electron chi connectivity index (χ4n) is 0.808. The molecular weight excluding hydrogens is 128 g/mol. The Morgan fingerprint density at radius 2 is 1.80 bits per heavy atom. The molecule has 0 fully saturated rings. The van der Waals surface area contributed by atoms with Crippen LogP contribution < -0.4 is 0 Å². The van der Waals surface area contributed by atoms with E-state index in [1.807, 2.05) is 0 Å². The maximum Gasteiger partial charge on any atom is 0.185 e. The van der Waals surface area contributed by atoms with Crippen LogP contribution in [0, 0.1) is 6.92 Å². The molecule has 0 saturated carbocycles. The van der Waals surface area contributed by atoms with Crippen molar-refractivity contribution in [2.45, 2.75) is 31.8 Å². The average molecular weight is 139 g/mol. The third-order valence-corrected chi connectivity index (χ3v) is 1.37. The van der Waals surface area contributed by atoms with E-state index in [2.05, 4.69) is 27.6 Å². The van der Waals surface area contributed by atoms with Crippen LogP contribution in [-0.2, 0) is 0 Å². The first kappa shape index (κ1) is 7.31. The number of rotatable bonds is 4. The summed E-state index contributed by atoms with van der Waals surface area (Å²) in [4.78, 5) is 0. The van der Waals surface area contributed by atoms with Crippen LogP contribution in [0.15, 0.2) is 20.7 Å². The van der Waals surface area contributed by atoms with Gasteiger partial charge in [-0.3, -0.25) is 0 Å². The monoisotopic (exact) mass is 139 g/mol. The smallest absolute Gasteiger partial charge is 0.138 e. The zero-order chi connectivity index (χ0) is 7.23. The Kier molecular flexibility index (Phi) is 2.99. The van der Waals surface area contributed by atoms with Gasteiger partial charge in [0.2, 0.25) is 0 Å². The van der Waals surface area contributed by atoms with Gasteiger partial charge in [0, 0.05) is 0 Å². The van der Waals surface area contributed by atoms with Crippen molar-refractivity contribution in [2.75, 3.05) is 0 Å². The molecule has 1 aliphatic rings. The summed E-state index contributed by atoms with van der Waals surface area (Å²) in [5, 5.41) is 14.4. The molecule has 0 N–H and O–H groups in total. The molecule has 55 valence electrons. The number of nitrogens with zero attached hydrogens (tertiary/aromatic N) is 4. The van der Waals surface area contributed by atoms with Crippen molar-refractivity contribution in [3.05, 3.63) is 6.92 Å². The predicted molar refractivity (Wildman–Crippen MR) is 37.3 cm³/mol. The van der Waals surface area contributed by atoms with Crippen LogP contribution in [0.1, 0.15) is 25.7 Å². The van der Waals surface area contributed by atoms with Crippen molar-refractivity contribution in [2.24, 2.45) is 20.7 Å². The van der Waals surface area contributed by atoms with Crippen LogP contribution in [0.25, 0.3) is 0 Å². The van der Waals surface area contributed by atoms with Gasteiger partial charge in [0.25, 0.3) is 0 Å². The lowest BCUT2D eigenvalue weighted by atomic mass is 10.2. The summed E-state index contributed by atoms with van der Waals surface area (Å²) in [6.45, 7) is 3.74. The third kappa shape index (κ3) is 2.21. The van der Waals surface area contributed by atoms with E-state index < -0.39 is 0 Å². The highest BCUT2D eigenvalue weighted by atomic mass is 15.6. The van der Waals surface area contributed by atoms with Gasteiger partial charge < -0.3 is 0 Å². The summed E-state index contributed by atoms with van der Waals surface area (Å²) < 4.78 is 0. The summed E-state index contributed by atoms with van der Waals surface area (Å²) in [7, 11) is 0. The highest BCUT2D eigenvalue weighted by molar-refractivity contribution is 4.61. The second-order valence-electron chi connectivity index (χ2n) is 2.24. The largest absolute Gasteiger partial charge is 0.185 e. The molecule has 1 aliphatic heterocycles. The van der Waals surface area contributed by atoms with Crippen molar-refractivity contribution in [3.8, 4) is 0 Å². The van der Waals surface area contributed by atoms with Gasteiger partial charge in [-0.25, -0.2) is 0 Å². The summed E-state index contributed by atoms with van der Waals surface area (Å²) in [6, 6.07) is 0. The Labute approximate surface area is 60.4 Å². The molecular formula is C6H11N4. The lowest BCUT2D eigenvalue weighted by Crippen LogP contribution is -1.94. The normalized spacial score (nSPS) is 16.9. The second kappa shape index (κ2) is 4.09. The zero-order valence-electron chi connectivity index (χ0n) is 5.90. The topological polar surface area (TPSA) is 49.4 Å². The van der Waals surface area contributed by atoms with Gasteiger partial charge in [-0.05, 0) is 23.3 Å². The van der Waals surface area contributed by atoms with Crippen LogP contribution >= 0.6 is 0 Å². The molecule has 1 heterocycles. The number of hydrogen-bond donors (Lipinski definition) is 0. The predicted octanol–water partition coefficient (Wildman–Crippen LogP) is 2.54. The molecule has 0 aromatic heterocycles. The Morgan fingerprint density at radius 1 is 1.10 bits per heavy atom. The van der Waals surface area contributed by atoms with Gasteiger partial charge in [-0.15, -0.1) is 10.2 Å². The Hall–Kier alpha value is -0.800. The van der Waals surface area contributed by atoms with Crippen molar-refractivity contribution < 1.29 is 0 Å². The maximum absolute atomic E-state index is 3.78. The molecule has 0 saturated heterocycles. The molecule has 4 heteroatoms. The van der Waals surface area contributed by atoms with Crippen LogP contribution in [-0.4, -0.2) is 6.17 Å². The standard InChI is InChI=1S/C6H11N4/c1-2-3-4-5-6-7-9-10-8-6/h6H,1-5H2. The van der Waals surface area contributed by atoms with Gasteiger partial charge in [0.15, 0.2) is 6.17 Å². The average Bonchev–Trinajstić information content (AvgIpc) is 2.41. The van der Waals surface area contributed by atoms with E-state index in [0.717, 1.165) is 25.7 Å². The lowest BCUT2D eigenvalue weighted by molar-refractivity contribution is 0.581. The van der Waals surface area contributed by atoms with E-state index in [4.69, 9.17) is 0 Å². The molecule has 1 rings (SSSR count). The van der Waals surface area contributed by atoms with E-state index in [-0.39, 0.29) is 6.17 Å². The Balaban J connectivity index is 2.03. The zero-order valence-corrected chi connectivity index (χ0v) is 5.90. The molecule has 0 aromatic rings. The number of hydrogen-bond acceptors (Lipinski definition) is 4. The minimum Gasteiger partial charge on any atom is -0.138 e.